The Balaban J connectivity index is 1.45. The lowest BCUT2D eigenvalue weighted by molar-refractivity contribution is -0.00685. The maximum Gasteiger partial charge on any atom is 0.264 e. The number of fused-ring (bicyclic) bond motifs is 1. The van der Waals surface area contributed by atoms with Crippen molar-refractivity contribution in [1.82, 2.24) is 4.31 Å². The zero-order valence-corrected chi connectivity index (χ0v) is 25.1. The van der Waals surface area contributed by atoms with Gasteiger partial charge in [-0.3, -0.25) is 4.18 Å². The molecule has 0 bridgehead atoms. The van der Waals surface area contributed by atoms with Crippen LogP contribution in [0.5, 0.6) is 5.75 Å². The van der Waals surface area contributed by atoms with E-state index in [1.54, 1.807) is 31.4 Å². The Morgan fingerprint density at radius 2 is 1.80 bits per heavy atom. The van der Waals surface area contributed by atoms with Gasteiger partial charge in [0.1, 0.15) is 12.4 Å². The highest BCUT2D eigenvalue weighted by Crippen LogP contribution is 2.34. The van der Waals surface area contributed by atoms with Crippen LogP contribution in [-0.4, -0.2) is 86.1 Å². The van der Waals surface area contributed by atoms with Gasteiger partial charge >= 0.3 is 0 Å². The molecule has 2 aromatic rings. The van der Waals surface area contributed by atoms with Gasteiger partial charge in [-0.05, 0) is 62.4 Å². The second-order valence-electron chi connectivity index (χ2n) is 10.4. The highest BCUT2D eigenvalue weighted by Gasteiger charge is 2.37. The molecule has 222 valence electrons. The molecule has 10 nitrogen and oxygen atoms in total. The smallest absolute Gasteiger partial charge is 0.264 e. The molecular formula is C28H40N2O8S2. The number of hydrogen-bond acceptors (Lipinski definition) is 9. The Labute approximate surface area is 238 Å². The molecule has 0 aromatic heterocycles. The van der Waals surface area contributed by atoms with Crippen LogP contribution in [0.1, 0.15) is 36.8 Å². The maximum atomic E-state index is 13.7. The van der Waals surface area contributed by atoms with E-state index in [0.29, 0.717) is 32.7 Å². The van der Waals surface area contributed by atoms with Crippen LogP contribution in [0.4, 0.5) is 5.69 Å². The van der Waals surface area contributed by atoms with Crippen molar-refractivity contribution < 1.29 is 35.2 Å². The van der Waals surface area contributed by atoms with Gasteiger partial charge in [0.2, 0.25) is 10.0 Å². The molecule has 2 aliphatic rings. The minimum absolute atomic E-state index is 0.0764. The second-order valence-corrected chi connectivity index (χ2v) is 13.9. The number of methoxy groups -OCH3 is 1. The molecule has 0 unspecified atom stereocenters. The van der Waals surface area contributed by atoms with Crippen molar-refractivity contribution in [3.63, 3.8) is 0 Å². The topological polar surface area (TPSA) is 112 Å². The lowest BCUT2D eigenvalue weighted by Crippen LogP contribution is -2.49. The SMILES string of the molecule is COCCCN1CCOc2ccc(CO[C@@H]3CC[C@@H](CCOS(C)(=O)=O)N(S(=O)(=O)c4ccc(C)cc4)C3)cc21. The fraction of sp³-hybridized carbons (Fsp3) is 0.571. The molecule has 0 aliphatic carbocycles. The van der Waals surface area contributed by atoms with Crippen LogP contribution in [0, 0.1) is 6.92 Å². The number of ether oxygens (including phenoxy) is 3. The first kappa shape index (κ1) is 30.7. The summed E-state index contributed by atoms with van der Waals surface area (Å²) in [4.78, 5) is 2.50. The number of hydrogen-bond donors (Lipinski definition) is 0. The number of rotatable bonds is 13. The van der Waals surface area contributed by atoms with Gasteiger partial charge in [-0.1, -0.05) is 23.8 Å². The molecule has 0 N–H and O–H groups in total. The number of aryl methyl sites for hydroxylation is 1. The fourth-order valence-electron chi connectivity index (χ4n) is 5.12. The van der Waals surface area contributed by atoms with E-state index in [4.69, 9.17) is 18.4 Å². The van der Waals surface area contributed by atoms with Gasteiger partial charge in [-0.25, -0.2) is 8.42 Å². The highest BCUT2D eigenvalue weighted by molar-refractivity contribution is 7.89. The highest BCUT2D eigenvalue weighted by atomic mass is 32.2. The zero-order chi connectivity index (χ0) is 28.8. The van der Waals surface area contributed by atoms with E-state index in [0.717, 1.165) is 48.3 Å². The third kappa shape index (κ3) is 8.17. The zero-order valence-electron chi connectivity index (χ0n) is 23.5. The maximum absolute atomic E-state index is 13.7. The molecule has 12 heteroatoms. The second kappa shape index (κ2) is 13.6. The molecule has 2 atom stereocenters. The van der Waals surface area contributed by atoms with Crippen LogP contribution in [0.3, 0.4) is 0 Å². The average molecular weight is 597 g/mol. The van der Waals surface area contributed by atoms with E-state index in [1.165, 1.54) is 4.31 Å². The predicted molar refractivity (Wildman–Crippen MR) is 153 cm³/mol. The van der Waals surface area contributed by atoms with E-state index >= 15 is 0 Å². The average Bonchev–Trinajstić information content (AvgIpc) is 2.92. The van der Waals surface area contributed by atoms with Crippen molar-refractivity contribution in [2.24, 2.45) is 0 Å². The van der Waals surface area contributed by atoms with Crippen LogP contribution in [0.2, 0.25) is 0 Å². The quantitative estimate of drug-likeness (QED) is 0.254. The number of benzene rings is 2. The summed E-state index contributed by atoms with van der Waals surface area (Å²) >= 11 is 0. The first-order valence-corrected chi connectivity index (χ1v) is 16.9. The molecule has 0 amide bonds. The van der Waals surface area contributed by atoms with Gasteiger partial charge in [-0.15, -0.1) is 0 Å². The van der Waals surface area contributed by atoms with Crippen LogP contribution >= 0.6 is 0 Å². The summed E-state index contributed by atoms with van der Waals surface area (Å²) in [6.07, 6.45) is 3.06. The number of nitrogens with zero attached hydrogens (tertiary/aromatic N) is 2. The molecule has 2 aliphatic heterocycles. The van der Waals surface area contributed by atoms with Crippen molar-refractivity contribution in [3.8, 4) is 5.75 Å². The van der Waals surface area contributed by atoms with Gasteiger partial charge in [-0.2, -0.15) is 12.7 Å². The van der Waals surface area contributed by atoms with Crippen LogP contribution in [0.15, 0.2) is 47.4 Å². The molecule has 1 fully saturated rings. The molecule has 0 spiro atoms. The van der Waals surface area contributed by atoms with Crippen molar-refractivity contribution in [3.05, 3.63) is 53.6 Å². The molecule has 1 saturated heterocycles. The number of piperidine rings is 1. The van der Waals surface area contributed by atoms with Crippen molar-refractivity contribution in [2.45, 2.75) is 56.3 Å². The van der Waals surface area contributed by atoms with Crippen LogP contribution in [-0.2, 0) is 40.4 Å². The van der Waals surface area contributed by atoms with Crippen molar-refractivity contribution >= 4 is 25.8 Å². The van der Waals surface area contributed by atoms with E-state index in [1.807, 2.05) is 19.1 Å². The van der Waals surface area contributed by atoms with Gasteiger partial charge in [0.25, 0.3) is 10.1 Å². The number of anilines is 1. The predicted octanol–water partition coefficient (Wildman–Crippen LogP) is 3.34. The molecule has 2 aromatic carbocycles. The van der Waals surface area contributed by atoms with Crippen molar-refractivity contribution in [2.75, 3.05) is 57.7 Å². The monoisotopic (exact) mass is 596 g/mol. The first-order chi connectivity index (χ1) is 19.1. The molecule has 2 heterocycles. The van der Waals surface area contributed by atoms with Gasteiger partial charge in [0, 0.05) is 32.8 Å². The van der Waals surface area contributed by atoms with E-state index in [2.05, 4.69) is 11.0 Å². The number of sulfonamides is 1. The van der Waals surface area contributed by atoms with Crippen LogP contribution < -0.4 is 9.64 Å². The molecule has 0 radical (unpaired) electrons. The minimum atomic E-state index is -3.83. The lowest BCUT2D eigenvalue weighted by atomic mass is 10.0. The molecular weight excluding hydrogens is 556 g/mol. The largest absolute Gasteiger partial charge is 0.490 e. The Bertz CT molecular complexity index is 1330. The minimum Gasteiger partial charge on any atom is -0.490 e. The van der Waals surface area contributed by atoms with Crippen molar-refractivity contribution in [1.29, 1.82) is 0 Å². The van der Waals surface area contributed by atoms with Gasteiger partial charge in [0.15, 0.2) is 0 Å². The first-order valence-electron chi connectivity index (χ1n) is 13.6. The summed E-state index contributed by atoms with van der Waals surface area (Å²) in [5, 5.41) is 0. The summed E-state index contributed by atoms with van der Waals surface area (Å²) in [6, 6.07) is 12.4. The summed E-state index contributed by atoms with van der Waals surface area (Å²) in [7, 11) is -5.74. The Hall–Kier alpha value is -2.22. The summed E-state index contributed by atoms with van der Waals surface area (Å²) in [5.41, 5.74) is 2.98. The van der Waals surface area contributed by atoms with Gasteiger partial charge in [0.05, 0.1) is 42.7 Å². The lowest BCUT2D eigenvalue weighted by Gasteiger charge is -2.38. The molecule has 40 heavy (non-hydrogen) atoms. The third-order valence-corrected chi connectivity index (χ3v) is 9.76. The van der Waals surface area contributed by atoms with Crippen LogP contribution in [0.25, 0.3) is 0 Å². The molecule has 0 saturated carbocycles. The van der Waals surface area contributed by atoms with Gasteiger partial charge < -0.3 is 19.1 Å². The summed E-state index contributed by atoms with van der Waals surface area (Å²) < 4.78 is 74.0. The fourth-order valence-corrected chi connectivity index (χ4v) is 7.23. The Morgan fingerprint density at radius 1 is 1.02 bits per heavy atom. The third-order valence-electron chi connectivity index (χ3n) is 7.23. The Kier molecular flexibility index (Phi) is 10.5. The normalized spacial score (nSPS) is 20.2. The summed E-state index contributed by atoms with van der Waals surface area (Å²) in [6.45, 7) is 5.35. The summed E-state index contributed by atoms with van der Waals surface area (Å²) in [5.74, 6) is 0.847. The molecule has 4 rings (SSSR count). The Morgan fingerprint density at radius 3 is 2.52 bits per heavy atom. The standard InChI is InChI=1S/C28H40N2O8S2/c1-22-5-10-26(11-6-22)40(33,34)30-20-25(9-8-24(30)13-17-38-39(3,31)32)37-21-23-7-12-28-27(19-23)29(15-18-36-28)14-4-16-35-2/h5-7,10-12,19,24-25H,4,8-9,13-18,20-21H2,1-3H3/t24-,25+/m0/s1. The van der Waals surface area contributed by atoms with E-state index in [9.17, 15) is 16.8 Å². The van der Waals surface area contributed by atoms with E-state index < -0.39 is 26.2 Å². The van der Waals surface area contributed by atoms with E-state index in [-0.39, 0.29) is 30.6 Å².